The van der Waals surface area contributed by atoms with Gasteiger partial charge in [-0.3, -0.25) is 0 Å². The second kappa shape index (κ2) is 8.84. The Morgan fingerprint density at radius 2 is 1.59 bits per heavy atom. The molecule has 0 N–H and O–H groups in total. The van der Waals surface area contributed by atoms with E-state index < -0.39 is 10.0 Å². The average Bonchev–Trinajstić information content (AvgIpc) is 3.11. The number of aromatic nitrogens is 1. The summed E-state index contributed by atoms with van der Waals surface area (Å²) in [4.78, 5) is 0.206. The van der Waals surface area contributed by atoms with Crippen molar-refractivity contribution in [3.8, 4) is 5.75 Å². The van der Waals surface area contributed by atoms with Gasteiger partial charge in [0.05, 0.1) is 29.1 Å². The normalized spacial score (nSPS) is 12.2. The Morgan fingerprint density at radius 1 is 0.938 bits per heavy atom. The lowest BCUT2D eigenvalue weighted by Crippen LogP contribution is -2.16. The number of fused-ring (bicyclic) bond motifs is 1. The van der Waals surface area contributed by atoms with Crippen LogP contribution in [0.2, 0.25) is 0 Å². The number of rotatable bonds is 6. The van der Waals surface area contributed by atoms with Gasteiger partial charge in [-0.2, -0.15) is 0 Å². The molecule has 0 aliphatic rings. The molecule has 5 nitrogen and oxygen atoms in total. The maximum atomic E-state index is 13.8. The zero-order valence-electron chi connectivity index (χ0n) is 17.9. The van der Waals surface area contributed by atoms with Crippen LogP contribution in [0.5, 0.6) is 5.75 Å². The lowest BCUT2D eigenvalue weighted by Gasteiger charge is -2.14. The van der Waals surface area contributed by atoms with Crippen LogP contribution in [0.1, 0.15) is 16.8 Å². The highest BCUT2D eigenvalue weighted by molar-refractivity contribution is 9.10. The quantitative estimate of drug-likeness (QED) is 0.293. The highest BCUT2D eigenvalue weighted by Gasteiger charge is 2.28. The molecule has 0 radical (unpaired) electrons. The molecule has 0 aliphatic heterocycles. The minimum Gasteiger partial charge on any atom is -0.497 e. The topological polar surface area (TPSA) is 57.5 Å². The Bertz CT molecular complexity index is 1400. The summed E-state index contributed by atoms with van der Waals surface area (Å²) >= 11 is 3.63. The van der Waals surface area contributed by atoms with Crippen molar-refractivity contribution in [3.63, 3.8) is 0 Å². The van der Waals surface area contributed by atoms with Gasteiger partial charge in [-0.05, 0) is 64.8 Å². The number of para-hydroxylation sites is 1. The number of nitrogens with zero attached hydrogens (tertiary/aromatic N) is 1. The zero-order valence-corrected chi connectivity index (χ0v) is 20.3. The maximum Gasteiger partial charge on any atom is 0.268 e. The van der Waals surface area contributed by atoms with Crippen LogP contribution in [-0.4, -0.2) is 26.6 Å². The van der Waals surface area contributed by atoms with Gasteiger partial charge < -0.3 is 9.47 Å². The fourth-order valence-electron chi connectivity index (χ4n) is 3.52. The van der Waals surface area contributed by atoms with E-state index in [0.717, 1.165) is 22.3 Å². The predicted molar refractivity (Wildman–Crippen MR) is 131 cm³/mol. The second-order valence-corrected chi connectivity index (χ2v) is 9.83. The molecule has 0 fully saturated rings. The summed E-state index contributed by atoms with van der Waals surface area (Å²) in [6.45, 7) is 1.92. The van der Waals surface area contributed by atoms with Crippen LogP contribution in [0.3, 0.4) is 0 Å². The largest absolute Gasteiger partial charge is 0.497 e. The van der Waals surface area contributed by atoms with Gasteiger partial charge in [-0.15, -0.1) is 0 Å². The number of methoxy groups -OCH3 is 2. The number of hydrogen-bond donors (Lipinski definition) is 0. The minimum absolute atomic E-state index is 0.206. The van der Waals surface area contributed by atoms with Gasteiger partial charge in [0.25, 0.3) is 10.0 Å². The molecule has 0 aliphatic carbocycles. The monoisotopic (exact) mass is 511 g/mol. The van der Waals surface area contributed by atoms with Crippen molar-refractivity contribution in [2.75, 3.05) is 14.2 Å². The first-order valence-corrected chi connectivity index (χ1v) is 12.1. The third-order valence-corrected chi connectivity index (χ3v) is 7.73. The van der Waals surface area contributed by atoms with Crippen LogP contribution in [0.25, 0.3) is 22.7 Å². The smallest absolute Gasteiger partial charge is 0.268 e. The van der Waals surface area contributed by atoms with Crippen LogP contribution in [0.15, 0.2) is 82.2 Å². The summed E-state index contributed by atoms with van der Waals surface area (Å²) in [6, 6.07) is 21.6. The Morgan fingerprint density at radius 3 is 2.22 bits per heavy atom. The minimum atomic E-state index is -3.90. The molecule has 0 saturated carbocycles. The van der Waals surface area contributed by atoms with Crippen molar-refractivity contribution >= 4 is 48.7 Å². The molecule has 1 heterocycles. The number of aryl methyl sites for hydroxylation is 1. The average molecular weight is 512 g/mol. The van der Waals surface area contributed by atoms with Gasteiger partial charge in [-0.1, -0.05) is 48.0 Å². The van der Waals surface area contributed by atoms with E-state index in [1.54, 1.807) is 43.5 Å². The summed E-state index contributed by atoms with van der Waals surface area (Å²) < 4.78 is 40.5. The van der Waals surface area contributed by atoms with E-state index in [-0.39, 0.29) is 4.90 Å². The molecule has 0 saturated heterocycles. The van der Waals surface area contributed by atoms with Gasteiger partial charge in [-0.25, -0.2) is 12.4 Å². The molecule has 1 aromatic heterocycles. The fourth-order valence-corrected chi connectivity index (χ4v) is 5.88. The predicted octanol–water partition coefficient (Wildman–Crippen LogP) is 6.10. The first-order chi connectivity index (χ1) is 15.4. The molecule has 32 heavy (non-hydrogen) atoms. The van der Waals surface area contributed by atoms with Crippen molar-refractivity contribution in [1.29, 1.82) is 0 Å². The van der Waals surface area contributed by atoms with Gasteiger partial charge in [0.15, 0.2) is 0 Å². The van der Waals surface area contributed by atoms with Gasteiger partial charge >= 0.3 is 0 Å². The van der Waals surface area contributed by atoms with Gasteiger partial charge in [0, 0.05) is 5.39 Å². The molecule has 3 aromatic carbocycles. The highest BCUT2D eigenvalue weighted by Crippen LogP contribution is 2.38. The molecule has 0 amide bonds. The van der Waals surface area contributed by atoms with E-state index in [2.05, 4.69) is 15.9 Å². The molecule has 0 atom stereocenters. The summed E-state index contributed by atoms with van der Waals surface area (Å²) in [7, 11) is -0.766. The molecule has 164 valence electrons. The molecule has 0 bridgehead atoms. The van der Waals surface area contributed by atoms with E-state index in [0.29, 0.717) is 21.4 Å². The molecular formula is C25H22BrNO4S. The Kier molecular flexibility index (Phi) is 6.13. The summed E-state index contributed by atoms with van der Waals surface area (Å²) in [5.74, 6) is 1.15. The lowest BCUT2D eigenvalue weighted by atomic mass is 10.1. The number of benzene rings is 3. The number of ether oxygens (including phenoxy) is 2. The van der Waals surface area contributed by atoms with Crippen molar-refractivity contribution in [2.24, 2.45) is 0 Å². The van der Waals surface area contributed by atoms with Crippen molar-refractivity contribution in [3.05, 3.63) is 94.1 Å². The van der Waals surface area contributed by atoms with Crippen LogP contribution >= 0.6 is 15.9 Å². The van der Waals surface area contributed by atoms with Crippen LogP contribution in [0, 0.1) is 6.92 Å². The van der Waals surface area contributed by atoms with Crippen LogP contribution < -0.4 is 4.74 Å². The van der Waals surface area contributed by atoms with Crippen molar-refractivity contribution < 1.29 is 17.9 Å². The lowest BCUT2D eigenvalue weighted by molar-refractivity contribution is 0.370. The maximum absolute atomic E-state index is 13.8. The molecule has 7 heteroatoms. The van der Waals surface area contributed by atoms with E-state index in [1.807, 2.05) is 49.4 Å². The van der Waals surface area contributed by atoms with E-state index in [9.17, 15) is 8.42 Å². The van der Waals surface area contributed by atoms with Crippen molar-refractivity contribution in [1.82, 2.24) is 3.97 Å². The third-order valence-electron chi connectivity index (χ3n) is 5.20. The molecule has 0 spiro atoms. The molecule has 0 unspecified atom stereocenters. The fraction of sp³-hybridized carbons (Fsp3) is 0.120. The summed E-state index contributed by atoms with van der Waals surface area (Å²) in [5, 5.41) is 0.774. The SMILES string of the molecule is CO/C(=C\c1ccc(OC)cc1)c1c(Br)c2ccccc2n1S(=O)(=O)c1ccc(C)cc1. The first kappa shape index (κ1) is 22.2. The summed E-state index contributed by atoms with van der Waals surface area (Å²) in [5.41, 5.74) is 2.82. The van der Waals surface area contributed by atoms with E-state index in [1.165, 1.54) is 11.1 Å². The van der Waals surface area contributed by atoms with Crippen LogP contribution in [0.4, 0.5) is 0 Å². The summed E-state index contributed by atoms with van der Waals surface area (Å²) in [6.07, 6.45) is 1.81. The molecule has 4 aromatic rings. The number of hydrogen-bond acceptors (Lipinski definition) is 4. The highest BCUT2D eigenvalue weighted by atomic mass is 79.9. The van der Waals surface area contributed by atoms with E-state index in [4.69, 9.17) is 9.47 Å². The van der Waals surface area contributed by atoms with Crippen LogP contribution in [-0.2, 0) is 14.8 Å². The second-order valence-electron chi connectivity index (χ2n) is 7.25. The van der Waals surface area contributed by atoms with E-state index >= 15 is 0 Å². The Balaban J connectivity index is 1.99. The molecular weight excluding hydrogens is 490 g/mol. The van der Waals surface area contributed by atoms with Gasteiger partial charge in [0.1, 0.15) is 17.2 Å². The Labute approximate surface area is 196 Å². The Hall–Kier alpha value is -3.03. The van der Waals surface area contributed by atoms with Crippen molar-refractivity contribution in [2.45, 2.75) is 11.8 Å². The first-order valence-electron chi connectivity index (χ1n) is 9.88. The molecule has 4 rings (SSSR count). The third kappa shape index (κ3) is 3.94. The van der Waals surface area contributed by atoms with Gasteiger partial charge in [0.2, 0.25) is 0 Å². The zero-order chi connectivity index (χ0) is 22.9. The standard InChI is InChI=1S/C25H22BrNO4S/c1-17-8-14-20(15-9-17)32(28,29)27-22-7-5-4-6-21(22)24(26)25(27)23(31-3)16-18-10-12-19(30-2)13-11-18/h4-16H,1-3H3/b23-16-. The number of halogens is 1.